The molecule has 1 aromatic rings. The Bertz CT molecular complexity index is 656. The summed E-state index contributed by atoms with van der Waals surface area (Å²) in [6.07, 6.45) is 15.6. The van der Waals surface area contributed by atoms with Gasteiger partial charge >= 0.3 is 0 Å². The molecule has 1 fully saturated rings. The third kappa shape index (κ3) is 4.48. The van der Waals surface area contributed by atoms with E-state index >= 15 is 0 Å². The van der Waals surface area contributed by atoms with Crippen LogP contribution in [-0.2, 0) is 4.79 Å². The number of methoxy groups -OCH3 is 2. The summed E-state index contributed by atoms with van der Waals surface area (Å²) in [7, 11) is 3.23. The van der Waals surface area contributed by atoms with Gasteiger partial charge in [-0.2, -0.15) is 0 Å². The molecule has 0 spiro atoms. The zero-order valence-corrected chi connectivity index (χ0v) is 15.7. The van der Waals surface area contributed by atoms with Gasteiger partial charge in [-0.25, -0.2) is 0 Å². The first-order chi connectivity index (χ1) is 12.7. The van der Waals surface area contributed by atoms with E-state index in [-0.39, 0.29) is 11.8 Å². The molecule has 1 amide bonds. The monoisotopic (exact) mass is 355 g/mol. The van der Waals surface area contributed by atoms with Crippen LogP contribution >= 0.6 is 0 Å². The van der Waals surface area contributed by atoms with Crippen LogP contribution in [0.4, 0.5) is 5.69 Å². The van der Waals surface area contributed by atoms with E-state index in [1.54, 1.807) is 14.2 Å². The molecule has 0 aliphatic heterocycles. The van der Waals surface area contributed by atoms with Gasteiger partial charge in [-0.3, -0.25) is 4.79 Å². The maximum Gasteiger partial charge on any atom is 0.228 e. The van der Waals surface area contributed by atoms with Crippen LogP contribution in [0.3, 0.4) is 0 Å². The first-order valence-electron chi connectivity index (χ1n) is 9.57. The topological polar surface area (TPSA) is 47.6 Å². The molecule has 4 nitrogen and oxygen atoms in total. The first kappa shape index (κ1) is 18.6. The van der Waals surface area contributed by atoms with Crippen molar-refractivity contribution < 1.29 is 14.3 Å². The highest BCUT2D eigenvalue weighted by Gasteiger charge is 2.52. The van der Waals surface area contributed by atoms with Crippen LogP contribution < -0.4 is 14.8 Å². The number of allylic oxidation sites excluding steroid dienone is 4. The molecule has 26 heavy (non-hydrogen) atoms. The van der Waals surface area contributed by atoms with E-state index in [0.29, 0.717) is 29.0 Å². The zero-order chi connectivity index (χ0) is 18.4. The van der Waals surface area contributed by atoms with Crippen molar-refractivity contribution in [2.75, 3.05) is 19.5 Å². The maximum atomic E-state index is 12.9. The van der Waals surface area contributed by atoms with Gasteiger partial charge < -0.3 is 14.8 Å². The molecule has 0 radical (unpaired) electrons. The zero-order valence-electron chi connectivity index (χ0n) is 15.7. The molecule has 140 valence electrons. The average molecular weight is 355 g/mol. The van der Waals surface area contributed by atoms with Crippen LogP contribution in [-0.4, -0.2) is 20.1 Å². The summed E-state index contributed by atoms with van der Waals surface area (Å²) >= 11 is 0. The van der Waals surface area contributed by atoms with Crippen molar-refractivity contribution in [3.05, 3.63) is 42.5 Å². The van der Waals surface area contributed by atoms with Gasteiger partial charge in [0.1, 0.15) is 11.5 Å². The Morgan fingerprint density at radius 2 is 1.54 bits per heavy atom. The van der Waals surface area contributed by atoms with Gasteiger partial charge in [-0.05, 0) is 62.5 Å². The van der Waals surface area contributed by atoms with E-state index < -0.39 is 0 Å². The number of nitrogens with one attached hydrogen (secondary N) is 1. The highest BCUT2D eigenvalue weighted by atomic mass is 16.5. The van der Waals surface area contributed by atoms with Crippen molar-refractivity contribution >= 4 is 11.6 Å². The largest absolute Gasteiger partial charge is 0.497 e. The minimum atomic E-state index is 0.105. The number of carbonyl (C=O) groups excluding carboxylic acids is 1. The van der Waals surface area contributed by atoms with Gasteiger partial charge in [0.05, 0.1) is 19.9 Å². The molecule has 2 aliphatic rings. The second-order valence-corrected chi connectivity index (χ2v) is 7.08. The standard InChI is InChI=1S/C22H29NO3/c1-25-16-13-14-20(26-2)19(15-16)23-22(24)21-17-11-9-7-5-3-4-6-8-10-12-18(17)21/h5-8,13-15,17-18,21H,3-4,9-12H2,1-2H3,(H,23,24)/b7-5-,8-6+/t17-,18+,21?/m1/s1. The molecule has 4 heteroatoms. The van der Waals surface area contributed by atoms with E-state index in [9.17, 15) is 4.79 Å². The number of anilines is 1. The molecule has 1 aromatic carbocycles. The number of carbonyl (C=O) groups is 1. The quantitative estimate of drug-likeness (QED) is 0.776. The lowest BCUT2D eigenvalue weighted by atomic mass is 10.1. The van der Waals surface area contributed by atoms with Crippen molar-refractivity contribution in [1.29, 1.82) is 0 Å². The van der Waals surface area contributed by atoms with E-state index in [1.165, 1.54) is 0 Å². The molecule has 0 saturated heterocycles. The molecule has 1 N–H and O–H groups in total. The van der Waals surface area contributed by atoms with E-state index in [2.05, 4.69) is 29.6 Å². The number of ether oxygens (including phenoxy) is 2. The summed E-state index contributed by atoms with van der Waals surface area (Å²) in [4.78, 5) is 12.9. The molecule has 0 bridgehead atoms. The smallest absolute Gasteiger partial charge is 0.228 e. The summed E-state index contributed by atoms with van der Waals surface area (Å²) in [5, 5.41) is 3.07. The molecular formula is C22H29NO3. The van der Waals surface area contributed by atoms with E-state index in [4.69, 9.17) is 9.47 Å². The van der Waals surface area contributed by atoms with Crippen molar-refractivity contribution in [3.63, 3.8) is 0 Å². The van der Waals surface area contributed by atoms with Gasteiger partial charge in [0.25, 0.3) is 0 Å². The van der Waals surface area contributed by atoms with Crippen LogP contribution in [0.2, 0.25) is 0 Å². The van der Waals surface area contributed by atoms with Crippen molar-refractivity contribution in [2.45, 2.75) is 38.5 Å². The first-order valence-corrected chi connectivity index (χ1v) is 9.57. The van der Waals surface area contributed by atoms with Crippen molar-refractivity contribution in [3.8, 4) is 11.5 Å². The van der Waals surface area contributed by atoms with Crippen molar-refractivity contribution in [2.24, 2.45) is 17.8 Å². The number of fused-ring (bicyclic) bond motifs is 1. The van der Waals surface area contributed by atoms with Crippen molar-refractivity contribution in [1.82, 2.24) is 0 Å². The predicted octanol–water partition coefficient (Wildman–Crippen LogP) is 4.97. The molecular weight excluding hydrogens is 326 g/mol. The molecule has 0 heterocycles. The molecule has 2 aliphatic carbocycles. The fourth-order valence-corrected chi connectivity index (χ4v) is 3.99. The fourth-order valence-electron chi connectivity index (χ4n) is 3.99. The normalized spacial score (nSPS) is 27.8. The third-order valence-electron chi connectivity index (χ3n) is 5.47. The second kappa shape index (κ2) is 8.93. The summed E-state index contributed by atoms with van der Waals surface area (Å²) in [5.41, 5.74) is 0.680. The lowest BCUT2D eigenvalue weighted by molar-refractivity contribution is -0.117. The number of hydrogen-bond acceptors (Lipinski definition) is 3. The summed E-state index contributed by atoms with van der Waals surface area (Å²) in [6.45, 7) is 0. The van der Waals surface area contributed by atoms with Crippen LogP contribution in [0.5, 0.6) is 11.5 Å². The Labute approximate surface area is 156 Å². The van der Waals surface area contributed by atoms with Crippen LogP contribution in [0.15, 0.2) is 42.5 Å². The fraction of sp³-hybridized carbons (Fsp3) is 0.500. The minimum Gasteiger partial charge on any atom is -0.497 e. The molecule has 0 aromatic heterocycles. The molecule has 1 unspecified atom stereocenters. The van der Waals surface area contributed by atoms with Gasteiger partial charge in [-0.1, -0.05) is 24.3 Å². The lowest BCUT2D eigenvalue weighted by Crippen LogP contribution is -2.16. The van der Waals surface area contributed by atoms with E-state index in [0.717, 1.165) is 38.5 Å². The molecule has 1 saturated carbocycles. The van der Waals surface area contributed by atoms with Gasteiger partial charge in [0.15, 0.2) is 0 Å². The Hall–Kier alpha value is -2.23. The highest BCUT2D eigenvalue weighted by molar-refractivity contribution is 5.96. The SMILES string of the molecule is COc1ccc(OC)c(NC(=O)C2[C@H]3CC/C=C/CC/C=C\CC[C@@H]23)c1. The van der Waals surface area contributed by atoms with Crippen LogP contribution in [0.1, 0.15) is 38.5 Å². The summed E-state index contributed by atoms with van der Waals surface area (Å²) < 4.78 is 10.6. The summed E-state index contributed by atoms with van der Waals surface area (Å²) in [6, 6.07) is 5.47. The minimum absolute atomic E-state index is 0.105. The second-order valence-electron chi connectivity index (χ2n) is 7.08. The Balaban J connectivity index is 1.68. The third-order valence-corrected chi connectivity index (χ3v) is 5.47. The van der Waals surface area contributed by atoms with Crippen LogP contribution in [0, 0.1) is 17.8 Å². The van der Waals surface area contributed by atoms with Gasteiger partial charge in [0, 0.05) is 12.0 Å². The Morgan fingerprint density at radius 1 is 0.923 bits per heavy atom. The maximum absolute atomic E-state index is 12.9. The van der Waals surface area contributed by atoms with Crippen LogP contribution in [0.25, 0.3) is 0 Å². The Morgan fingerprint density at radius 3 is 2.12 bits per heavy atom. The number of rotatable bonds is 4. The van der Waals surface area contributed by atoms with Gasteiger partial charge in [0.2, 0.25) is 5.91 Å². The molecule has 3 rings (SSSR count). The lowest BCUT2D eigenvalue weighted by Gasteiger charge is -2.12. The number of benzene rings is 1. The van der Waals surface area contributed by atoms with E-state index in [1.807, 2.05) is 18.2 Å². The average Bonchev–Trinajstić information content (AvgIpc) is 3.34. The predicted molar refractivity (Wildman–Crippen MR) is 105 cm³/mol. The Kier molecular flexibility index (Phi) is 6.37. The molecule has 3 atom stereocenters. The highest BCUT2D eigenvalue weighted by Crippen LogP contribution is 2.53. The number of amides is 1. The summed E-state index contributed by atoms with van der Waals surface area (Å²) in [5.74, 6) is 2.55. The number of hydrogen-bond donors (Lipinski definition) is 1. The van der Waals surface area contributed by atoms with Gasteiger partial charge in [-0.15, -0.1) is 0 Å².